The Morgan fingerprint density at radius 2 is 1.72 bits per heavy atom. The summed E-state index contributed by atoms with van der Waals surface area (Å²) in [4.78, 5) is 27.2. The zero-order valence-electron chi connectivity index (χ0n) is 16.2. The molecule has 0 saturated heterocycles. The number of esters is 1. The second kappa shape index (κ2) is 8.01. The summed E-state index contributed by atoms with van der Waals surface area (Å²) in [5, 5.41) is 11.3. The van der Waals surface area contributed by atoms with E-state index in [0.717, 1.165) is 5.56 Å². The maximum absolute atomic E-state index is 12.3. The number of hydrogen-bond donors (Lipinski definition) is 0. The first kappa shape index (κ1) is 19.9. The molecule has 150 valence electrons. The Kier molecular flexibility index (Phi) is 5.49. The highest BCUT2D eigenvalue weighted by molar-refractivity contribution is 6.14. The minimum atomic E-state index is -0.718. The van der Waals surface area contributed by atoms with Crippen molar-refractivity contribution in [1.29, 1.82) is 0 Å². The number of carbonyl (C=O) groups is 1. The van der Waals surface area contributed by atoms with Crippen molar-refractivity contribution in [3.8, 4) is 17.2 Å². The van der Waals surface area contributed by atoms with Crippen LogP contribution >= 0.6 is 0 Å². The molecule has 0 bridgehead atoms. The van der Waals surface area contributed by atoms with Gasteiger partial charge in [-0.15, -0.1) is 0 Å². The lowest BCUT2D eigenvalue weighted by molar-refractivity contribution is -0.385. The highest BCUT2D eigenvalue weighted by Crippen LogP contribution is 2.39. The lowest BCUT2D eigenvalue weighted by atomic mass is 10.1. The fraction of sp³-hybridized carbons (Fsp3) is 0.200. The molecule has 2 aromatic rings. The molecule has 0 fully saturated rings. The largest absolute Gasteiger partial charge is 0.493 e. The summed E-state index contributed by atoms with van der Waals surface area (Å²) in [5.74, 6) is 0.381. The van der Waals surface area contributed by atoms with E-state index in [0.29, 0.717) is 22.8 Å². The van der Waals surface area contributed by atoms with Crippen molar-refractivity contribution in [2.24, 2.45) is 4.99 Å². The van der Waals surface area contributed by atoms with E-state index >= 15 is 0 Å². The summed E-state index contributed by atoms with van der Waals surface area (Å²) < 4.78 is 21.0. The van der Waals surface area contributed by atoms with Crippen LogP contribution in [-0.4, -0.2) is 38.1 Å². The zero-order chi connectivity index (χ0) is 21.1. The van der Waals surface area contributed by atoms with Crippen molar-refractivity contribution in [2.45, 2.75) is 6.92 Å². The number of aryl methyl sites for hydroxylation is 1. The molecule has 0 radical (unpaired) electrons. The maximum atomic E-state index is 12.3. The summed E-state index contributed by atoms with van der Waals surface area (Å²) in [6, 6.07) is 7.79. The number of rotatable bonds is 6. The van der Waals surface area contributed by atoms with Gasteiger partial charge in [0.05, 0.1) is 26.3 Å². The first-order valence-electron chi connectivity index (χ1n) is 8.46. The first-order valence-corrected chi connectivity index (χ1v) is 8.46. The average molecular weight is 398 g/mol. The summed E-state index contributed by atoms with van der Waals surface area (Å²) in [6.07, 6.45) is 1.47. The van der Waals surface area contributed by atoms with Gasteiger partial charge in [-0.3, -0.25) is 10.1 Å². The third-order valence-electron chi connectivity index (χ3n) is 4.19. The highest BCUT2D eigenvalue weighted by atomic mass is 16.6. The molecule has 2 aromatic carbocycles. The molecule has 1 aliphatic heterocycles. The average Bonchev–Trinajstić information content (AvgIpc) is 3.07. The van der Waals surface area contributed by atoms with Gasteiger partial charge in [0.15, 0.2) is 17.2 Å². The van der Waals surface area contributed by atoms with Crippen LogP contribution in [0.5, 0.6) is 17.2 Å². The van der Waals surface area contributed by atoms with Gasteiger partial charge >= 0.3 is 5.97 Å². The van der Waals surface area contributed by atoms with Gasteiger partial charge < -0.3 is 18.9 Å². The molecular formula is C20H18N2O7. The predicted octanol–water partition coefficient (Wildman–Crippen LogP) is 3.27. The van der Waals surface area contributed by atoms with Crippen molar-refractivity contribution in [2.75, 3.05) is 21.3 Å². The fourth-order valence-electron chi connectivity index (χ4n) is 2.85. The monoisotopic (exact) mass is 398 g/mol. The zero-order valence-corrected chi connectivity index (χ0v) is 16.2. The molecule has 0 aliphatic carbocycles. The van der Waals surface area contributed by atoms with Gasteiger partial charge in [-0.1, -0.05) is 6.07 Å². The minimum Gasteiger partial charge on any atom is -0.493 e. The van der Waals surface area contributed by atoms with Gasteiger partial charge in [-0.25, -0.2) is 9.79 Å². The van der Waals surface area contributed by atoms with E-state index in [4.69, 9.17) is 18.9 Å². The summed E-state index contributed by atoms with van der Waals surface area (Å²) >= 11 is 0. The lowest BCUT2D eigenvalue weighted by Gasteiger charge is -2.12. The van der Waals surface area contributed by atoms with Gasteiger partial charge in [-0.05, 0) is 42.3 Å². The number of nitro groups is 1. The maximum Gasteiger partial charge on any atom is 0.363 e. The Bertz CT molecular complexity index is 1030. The number of cyclic esters (lactones) is 1. The van der Waals surface area contributed by atoms with E-state index < -0.39 is 10.9 Å². The fourth-order valence-corrected chi connectivity index (χ4v) is 2.85. The van der Waals surface area contributed by atoms with Crippen LogP contribution in [-0.2, 0) is 9.53 Å². The van der Waals surface area contributed by atoms with Gasteiger partial charge in [0.2, 0.25) is 11.6 Å². The number of methoxy groups -OCH3 is 3. The van der Waals surface area contributed by atoms with Crippen LogP contribution in [0.2, 0.25) is 0 Å². The predicted molar refractivity (Wildman–Crippen MR) is 105 cm³/mol. The first-order chi connectivity index (χ1) is 13.9. The number of ether oxygens (including phenoxy) is 4. The second-order valence-corrected chi connectivity index (χ2v) is 6.07. The molecule has 3 rings (SSSR count). The number of benzene rings is 2. The van der Waals surface area contributed by atoms with E-state index in [1.54, 1.807) is 31.2 Å². The Morgan fingerprint density at radius 1 is 1.07 bits per heavy atom. The van der Waals surface area contributed by atoms with Gasteiger partial charge in [0.1, 0.15) is 5.56 Å². The number of carbonyl (C=O) groups excluding carboxylic acids is 1. The van der Waals surface area contributed by atoms with Crippen LogP contribution in [0.15, 0.2) is 41.0 Å². The van der Waals surface area contributed by atoms with Crippen LogP contribution in [0.25, 0.3) is 6.08 Å². The van der Waals surface area contributed by atoms with E-state index in [-0.39, 0.29) is 22.8 Å². The standard InChI is InChI=1S/C20H18N2O7/c1-11-5-6-15(22(24)25)13(7-11)19-21-14(20(23)29-19)8-12-9-16(26-2)18(28-4)17(10-12)27-3/h5-10H,1-4H3/b14-8-. The Hall–Kier alpha value is -3.88. The van der Waals surface area contributed by atoms with Crippen molar-refractivity contribution < 1.29 is 28.7 Å². The molecule has 1 aliphatic rings. The molecule has 29 heavy (non-hydrogen) atoms. The van der Waals surface area contributed by atoms with Gasteiger partial charge in [0, 0.05) is 6.07 Å². The number of nitrogens with zero attached hydrogens (tertiary/aromatic N) is 2. The van der Waals surface area contributed by atoms with Crippen molar-refractivity contribution in [1.82, 2.24) is 0 Å². The Balaban J connectivity index is 2.07. The molecule has 9 nitrogen and oxygen atoms in total. The Morgan fingerprint density at radius 3 is 2.28 bits per heavy atom. The lowest BCUT2D eigenvalue weighted by Crippen LogP contribution is -2.08. The summed E-state index contributed by atoms with van der Waals surface area (Å²) in [6.45, 7) is 1.78. The summed E-state index contributed by atoms with van der Waals surface area (Å²) in [7, 11) is 4.44. The smallest absolute Gasteiger partial charge is 0.363 e. The highest BCUT2D eigenvalue weighted by Gasteiger charge is 2.29. The van der Waals surface area contributed by atoms with E-state index in [1.165, 1.54) is 33.5 Å². The van der Waals surface area contributed by atoms with Gasteiger partial charge in [0.25, 0.3) is 5.69 Å². The topological polar surface area (TPSA) is 109 Å². The van der Waals surface area contributed by atoms with Crippen molar-refractivity contribution >= 4 is 23.6 Å². The second-order valence-electron chi connectivity index (χ2n) is 6.07. The molecule has 0 unspecified atom stereocenters. The molecule has 0 N–H and O–H groups in total. The minimum absolute atomic E-state index is 0.00919. The van der Waals surface area contributed by atoms with Crippen LogP contribution in [0.3, 0.4) is 0 Å². The molecule has 9 heteroatoms. The van der Waals surface area contributed by atoms with E-state index in [9.17, 15) is 14.9 Å². The normalized spacial score (nSPS) is 14.4. The number of nitro benzene ring substituents is 1. The van der Waals surface area contributed by atoms with Crippen LogP contribution in [0.4, 0.5) is 5.69 Å². The van der Waals surface area contributed by atoms with Crippen molar-refractivity contribution in [3.05, 3.63) is 62.8 Å². The number of aliphatic imine (C=N–C) groups is 1. The molecule has 0 atom stereocenters. The number of hydrogen-bond acceptors (Lipinski definition) is 8. The SMILES string of the molecule is COc1cc(/C=C2\N=C(c3cc(C)ccc3[N+](=O)[O-])OC2=O)cc(OC)c1OC. The van der Waals surface area contributed by atoms with Gasteiger partial charge in [-0.2, -0.15) is 0 Å². The summed E-state index contributed by atoms with van der Waals surface area (Å²) in [5.41, 5.74) is 1.25. The third-order valence-corrected chi connectivity index (χ3v) is 4.19. The third kappa shape index (κ3) is 3.88. The molecular weight excluding hydrogens is 380 g/mol. The quantitative estimate of drug-likeness (QED) is 0.318. The van der Waals surface area contributed by atoms with E-state index in [1.807, 2.05) is 0 Å². The van der Waals surface area contributed by atoms with Crippen LogP contribution < -0.4 is 14.2 Å². The van der Waals surface area contributed by atoms with Crippen LogP contribution in [0.1, 0.15) is 16.7 Å². The van der Waals surface area contributed by atoms with Crippen LogP contribution in [0, 0.1) is 17.0 Å². The molecule has 0 spiro atoms. The molecule has 0 amide bonds. The Labute approximate surface area is 166 Å². The van der Waals surface area contributed by atoms with E-state index in [2.05, 4.69) is 4.99 Å². The molecule has 1 heterocycles. The molecule has 0 saturated carbocycles. The molecule has 0 aromatic heterocycles. The van der Waals surface area contributed by atoms with Crippen molar-refractivity contribution in [3.63, 3.8) is 0 Å².